The Bertz CT molecular complexity index is 302. The first-order chi connectivity index (χ1) is 5.70. The molecule has 4 nitrogen and oxygen atoms in total. The second-order valence-electron chi connectivity index (χ2n) is 2.24. The van der Waals surface area contributed by atoms with Gasteiger partial charge >= 0.3 is 0 Å². The fourth-order valence-corrected chi connectivity index (χ4v) is 0.700. The van der Waals surface area contributed by atoms with Crippen molar-refractivity contribution in [3.05, 3.63) is 36.1 Å². The average molecular weight is 164 g/mol. The van der Waals surface area contributed by atoms with Crippen LogP contribution in [0.2, 0.25) is 0 Å². The molecule has 0 atom stereocenters. The van der Waals surface area contributed by atoms with Gasteiger partial charge in [-0.3, -0.25) is 4.79 Å². The minimum atomic E-state index is -0.322. The highest BCUT2D eigenvalue weighted by Gasteiger charge is 2.02. The maximum atomic E-state index is 11.1. The number of nitrogens with zero attached hydrogens (tertiary/aromatic N) is 2. The van der Waals surface area contributed by atoms with Crippen LogP contribution in [0, 0.1) is 0 Å². The Morgan fingerprint density at radius 3 is 2.92 bits per heavy atom. The molecule has 0 aliphatic carbocycles. The van der Waals surface area contributed by atoms with Gasteiger partial charge in [0.05, 0.1) is 5.76 Å². The lowest BCUT2D eigenvalue weighted by Gasteiger charge is -1.92. The van der Waals surface area contributed by atoms with E-state index in [4.69, 9.17) is 5.11 Å². The Morgan fingerprint density at radius 2 is 2.42 bits per heavy atom. The fraction of sp³-hybridized carbons (Fsp3) is 0.125. The molecule has 0 bridgehead atoms. The van der Waals surface area contributed by atoms with Crippen molar-refractivity contribution in [2.45, 2.75) is 6.92 Å². The summed E-state index contributed by atoms with van der Waals surface area (Å²) in [6.07, 6.45) is 3.87. The molecule has 62 valence electrons. The van der Waals surface area contributed by atoms with Crippen LogP contribution in [0.5, 0.6) is 0 Å². The van der Waals surface area contributed by atoms with Crippen LogP contribution in [0.25, 0.3) is 0 Å². The number of carbonyl (C=O) groups is 1. The zero-order chi connectivity index (χ0) is 8.97. The summed E-state index contributed by atoms with van der Waals surface area (Å²) in [6, 6.07) is 1.49. The molecule has 0 amide bonds. The zero-order valence-corrected chi connectivity index (χ0v) is 6.56. The average Bonchev–Trinajstić information content (AvgIpc) is 2.05. The van der Waals surface area contributed by atoms with Gasteiger partial charge in [-0.05, 0) is 13.0 Å². The first-order valence-electron chi connectivity index (χ1n) is 3.38. The van der Waals surface area contributed by atoms with Gasteiger partial charge in [-0.25, -0.2) is 9.97 Å². The largest absolute Gasteiger partial charge is 0.512 e. The van der Waals surface area contributed by atoms with E-state index in [1.807, 2.05) is 0 Å². The number of rotatable bonds is 2. The van der Waals surface area contributed by atoms with Crippen LogP contribution < -0.4 is 0 Å². The quantitative estimate of drug-likeness (QED) is 0.404. The second kappa shape index (κ2) is 3.61. The highest BCUT2D eigenvalue weighted by molar-refractivity contribution is 6.03. The van der Waals surface area contributed by atoms with E-state index in [0.29, 0.717) is 0 Å². The molecule has 1 aromatic rings. The predicted molar refractivity (Wildman–Crippen MR) is 42.7 cm³/mol. The van der Waals surface area contributed by atoms with E-state index in [0.717, 1.165) is 6.08 Å². The summed E-state index contributed by atoms with van der Waals surface area (Å²) in [5, 5.41) is 8.78. The molecule has 0 saturated heterocycles. The monoisotopic (exact) mass is 164 g/mol. The van der Waals surface area contributed by atoms with Crippen LogP contribution in [0.15, 0.2) is 30.4 Å². The van der Waals surface area contributed by atoms with Gasteiger partial charge in [0.15, 0.2) is 0 Å². The molecule has 0 radical (unpaired) electrons. The molecular weight excluding hydrogens is 156 g/mol. The van der Waals surface area contributed by atoms with E-state index in [1.54, 1.807) is 0 Å². The Labute approximate surface area is 69.6 Å². The molecule has 0 aliphatic rings. The number of ketones is 1. The lowest BCUT2D eigenvalue weighted by molar-refractivity contribution is 0.103. The summed E-state index contributed by atoms with van der Waals surface area (Å²) in [5.74, 6) is -0.351. The highest BCUT2D eigenvalue weighted by atomic mass is 16.3. The summed E-state index contributed by atoms with van der Waals surface area (Å²) < 4.78 is 0. The van der Waals surface area contributed by atoms with Crippen molar-refractivity contribution < 1.29 is 9.90 Å². The number of carbonyl (C=O) groups excluding carboxylic acids is 1. The van der Waals surface area contributed by atoms with E-state index in [2.05, 4.69) is 9.97 Å². The summed E-state index contributed by atoms with van der Waals surface area (Å²) in [7, 11) is 0. The molecule has 1 N–H and O–H groups in total. The van der Waals surface area contributed by atoms with Crippen LogP contribution in [0.4, 0.5) is 0 Å². The van der Waals surface area contributed by atoms with E-state index in [-0.39, 0.29) is 17.2 Å². The van der Waals surface area contributed by atoms with Gasteiger partial charge in [-0.1, -0.05) is 0 Å². The molecular formula is C8H8N2O2. The Kier molecular flexibility index (Phi) is 2.53. The number of allylic oxidation sites excluding steroid dienone is 2. The van der Waals surface area contributed by atoms with Gasteiger partial charge < -0.3 is 5.11 Å². The summed E-state index contributed by atoms with van der Waals surface area (Å²) in [6.45, 7) is 1.43. The summed E-state index contributed by atoms with van der Waals surface area (Å²) in [4.78, 5) is 18.5. The normalized spacial score (nSPS) is 11.2. The van der Waals surface area contributed by atoms with Gasteiger partial charge in [0, 0.05) is 12.3 Å². The van der Waals surface area contributed by atoms with Crippen LogP contribution in [-0.4, -0.2) is 20.9 Å². The predicted octanol–water partition coefficient (Wildman–Crippen LogP) is 1.12. The molecule has 0 aliphatic heterocycles. The van der Waals surface area contributed by atoms with Gasteiger partial charge in [0.2, 0.25) is 5.78 Å². The highest BCUT2D eigenvalue weighted by Crippen LogP contribution is 1.96. The van der Waals surface area contributed by atoms with Crippen molar-refractivity contribution in [2.24, 2.45) is 0 Å². The third-order valence-electron chi connectivity index (χ3n) is 1.17. The number of aliphatic hydroxyl groups is 1. The van der Waals surface area contributed by atoms with Crippen molar-refractivity contribution in [1.82, 2.24) is 9.97 Å². The lowest BCUT2D eigenvalue weighted by Crippen LogP contribution is -1.98. The molecule has 0 unspecified atom stereocenters. The molecule has 1 rings (SSSR count). The van der Waals surface area contributed by atoms with Crippen LogP contribution >= 0.6 is 0 Å². The van der Waals surface area contributed by atoms with Crippen molar-refractivity contribution in [1.29, 1.82) is 0 Å². The molecule has 1 aromatic heterocycles. The Hall–Kier alpha value is -1.71. The smallest absolute Gasteiger partial charge is 0.207 e. The minimum Gasteiger partial charge on any atom is -0.512 e. The number of aromatic nitrogens is 2. The molecule has 0 fully saturated rings. The zero-order valence-electron chi connectivity index (χ0n) is 6.56. The topological polar surface area (TPSA) is 63.1 Å². The number of aliphatic hydroxyl groups excluding tert-OH is 1. The molecule has 0 saturated carbocycles. The fourth-order valence-electron chi connectivity index (χ4n) is 0.700. The third kappa shape index (κ3) is 2.16. The molecule has 0 aromatic carbocycles. The third-order valence-corrected chi connectivity index (χ3v) is 1.17. The van der Waals surface area contributed by atoms with Crippen LogP contribution in [0.1, 0.15) is 17.4 Å². The standard InChI is InChI=1S/C8H8N2O2/c1-6(11)4-8(12)7-2-3-9-5-10-7/h2-5,11H,1H3/b6-4-. The first kappa shape index (κ1) is 8.39. The van der Waals surface area contributed by atoms with E-state index in [9.17, 15) is 4.79 Å². The van der Waals surface area contributed by atoms with Gasteiger partial charge in [-0.2, -0.15) is 0 Å². The molecule has 4 heteroatoms. The lowest BCUT2D eigenvalue weighted by atomic mass is 10.2. The number of hydrogen-bond donors (Lipinski definition) is 1. The maximum absolute atomic E-state index is 11.1. The Balaban J connectivity index is 2.87. The summed E-state index contributed by atoms with van der Waals surface area (Å²) >= 11 is 0. The van der Waals surface area contributed by atoms with E-state index < -0.39 is 0 Å². The van der Waals surface area contributed by atoms with Crippen molar-refractivity contribution in [2.75, 3.05) is 0 Å². The van der Waals surface area contributed by atoms with Crippen LogP contribution in [-0.2, 0) is 0 Å². The SMILES string of the molecule is C/C(O)=C/C(=O)c1ccncn1. The van der Waals surface area contributed by atoms with Crippen molar-refractivity contribution in [3.8, 4) is 0 Å². The van der Waals surface area contributed by atoms with E-state index in [1.165, 1.54) is 25.5 Å². The summed E-state index contributed by atoms with van der Waals surface area (Å²) in [5.41, 5.74) is 0.276. The van der Waals surface area contributed by atoms with E-state index >= 15 is 0 Å². The van der Waals surface area contributed by atoms with Crippen LogP contribution in [0.3, 0.4) is 0 Å². The van der Waals surface area contributed by atoms with Gasteiger partial charge in [0.25, 0.3) is 0 Å². The Morgan fingerprint density at radius 1 is 1.67 bits per heavy atom. The van der Waals surface area contributed by atoms with Crippen molar-refractivity contribution in [3.63, 3.8) is 0 Å². The van der Waals surface area contributed by atoms with Gasteiger partial charge in [0.1, 0.15) is 12.0 Å². The minimum absolute atomic E-state index is 0.0291. The molecule has 0 spiro atoms. The molecule has 1 heterocycles. The van der Waals surface area contributed by atoms with Crippen molar-refractivity contribution >= 4 is 5.78 Å². The van der Waals surface area contributed by atoms with Gasteiger partial charge in [-0.15, -0.1) is 0 Å². The number of hydrogen-bond acceptors (Lipinski definition) is 4. The second-order valence-corrected chi connectivity index (χ2v) is 2.24. The molecule has 12 heavy (non-hydrogen) atoms. The maximum Gasteiger partial charge on any atom is 0.207 e. The first-order valence-corrected chi connectivity index (χ1v) is 3.38.